The standard InChI is InChI=1S/C12H20N4O/c1-2-4-9-7-10(16-15-9)14-11(17)8-12(13)5-3-6-12/h7H,2-6,8,13H2,1H3,(H2,14,15,16,17). The number of carbonyl (C=O) groups is 1. The molecule has 94 valence electrons. The number of aryl methyl sites for hydroxylation is 1. The third kappa shape index (κ3) is 3.06. The molecule has 2 rings (SSSR count). The van der Waals surface area contributed by atoms with Gasteiger partial charge in [-0.05, 0) is 25.7 Å². The van der Waals surface area contributed by atoms with E-state index in [9.17, 15) is 4.79 Å². The van der Waals surface area contributed by atoms with Gasteiger partial charge in [0, 0.05) is 23.7 Å². The number of nitrogens with zero attached hydrogens (tertiary/aromatic N) is 1. The van der Waals surface area contributed by atoms with Gasteiger partial charge in [-0.15, -0.1) is 0 Å². The average Bonchev–Trinajstić information content (AvgIpc) is 2.63. The first-order chi connectivity index (χ1) is 8.11. The summed E-state index contributed by atoms with van der Waals surface area (Å²) in [5, 5.41) is 9.74. The van der Waals surface area contributed by atoms with Crippen LogP contribution in [0.4, 0.5) is 5.82 Å². The van der Waals surface area contributed by atoms with Gasteiger partial charge in [0.1, 0.15) is 0 Å². The quantitative estimate of drug-likeness (QED) is 0.725. The van der Waals surface area contributed by atoms with E-state index in [1.807, 2.05) is 6.07 Å². The van der Waals surface area contributed by atoms with Gasteiger partial charge in [0.25, 0.3) is 0 Å². The van der Waals surface area contributed by atoms with Gasteiger partial charge in [0.05, 0.1) is 0 Å². The predicted molar refractivity (Wildman–Crippen MR) is 66.6 cm³/mol. The maximum Gasteiger partial charge on any atom is 0.227 e. The second-order valence-electron chi connectivity index (χ2n) is 4.97. The molecule has 5 nitrogen and oxygen atoms in total. The predicted octanol–water partition coefficient (Wildman–Crippen LogP) is 1.57. The van der Waals surface area contributed by atoms with Gasteiger partial charge in [0.15, 0.2) is 5.82 Å². The Kier molecular flexibility index (Phi) is 3.47. The molecule has 0 saturated heterocycles. The molecule has 1 aliphatic carbocycles. The number of H-pyrrole nitrogens is 1. The Hall–Kier alpha value is -1.36. The van der Waals surface area contributed by atoms with Crippen LogP contribution in [0.2, 0.25) is 0 Å². The summed E-state index contributed by atoms with van der Waals surface area (Å²) in [6.07, 6.45) is 5.42. The first-order valence-electron chi connectivity index (χ1n) is 6.24. The van der Waals surface area contributed by atoms with E-state index in [0.717, 1.165) is 37.8 Å². The van der Waals surface area contributed by atoms with E-state index in [2.05, 4.69) is 22.4 Å². The van der Waals surface area contributed by atoms with Gasteiger partial charge in [-0.2, -0.15) is 5.10 Å². The number of aromatic amines is 1. The zero-order valence-corrected chi connectivity index (χ0v) is 10.3. The Morgan fingerprint density at radius 3 is 3.00 bits per heavy atom. The lowest BCUT2D eigenvalue weighted by molar-refractivity contribution is -0.118. The van der Waals surface area contributed by atoms with Crippen LogP contribution in [-0.2, 0) is 11.2 Å². The minimum atomic E-state index is -0.271. The summed E-state index contributed by atoms with van der Waals surface area (Å²) in [7, 11) is 0. The highest BCUT2D eigenvalue weighted by atomic mass is 16.1. The van der Waals surface area contributed by atoms with Crippen LogP contribution in [0.3, 0.4) is 0 Å². The van der Waals surface area contributed by atoms with Crippen molar-refractivity contribution in [1.29, 1.82) is 0 Å². The summed E-state index contributed by atoms with van der Waals surface area (Å²) < 4.78 is 0. The highest BCUT2D eigenvalue weighted by Crippen LogP contribution is 2.32. The summed E-state index contributed by atoms with van der Waals surface area (Å²) in [6, 6.07) is 1.88. The lowest BCUT2D eigenvalue weighted by Gasteiger charge is -2.37. The Labute approximate surface area is 101 Å². The minimum absolute atomic E-state index is 0.0400. The largest absolute Gasteiger partial charge is 0.325 e. The van der Waals surface area contributed by atoms with Gasteiger partial charge in [-0.1, -0.05) is 13.3 Å². The molecule has 0 aromatic carbocycles. The van der Waals surface area contributed by atoms with Crippen molar-refractivity contribution in [3.05, 3.63) is 11.8 Å². The van der Waals surface area contributed by atoms with Crippen molar-refractivity contribution in [2.24, 2.45) is 5.73 Å². The molecule has 0 spiro atoms. The smallest absolute Gasteiger partial charge is 0.227 e. The van der Waals surface area contributed by atoms with Gasteiger partial charge in [-0.3, -0.25) is 9.89 Å². The summed E-state index contributed by atoms with van der Waals surface area (Å²) in [4.78, 5) is 11.7. The molecule has 0 unspecified atom stereocenters. The highest BCUT2D eigenvalue weighted by molar-refractivity contribution is 5.90. The van der Waals surface area contributed by atoms with Gasteiger partial charge >= 0.3 is 0 Å². The highest BCUT2D eigenvalue weighted by Gasteiger charge is 2.34. The first-order valence-corrected chi connectivity index (χ1v) is 6.24. The molecule has 1 fully saturated rings. The fraction of sp³-hybridized carbons (Fsp3) is 0.667. The SMILES string of the molecule is CCCc1cc(NC(=O)CC2(N)CCC2)n[nH]1. The van der Waals surface area contributed by atoms with E-state index in [-0.39, 0.29) is 11.4 Å². The summed E-state index contributed by atoms with van der Waals surface area (Å²) in [6.45, 7) is 2.11. The van der Waals surface area contributed by atoms with Crippen molar-refractivity contribution in [3.8, 4) is 0 Å². The van der Waals surface area contributed by atoms with Gasteiger partial charge in [-0.25, -0.2) is 0 Å². The van der Waals surface area contributed by atoms with Crippen LogP contribution < -0.4 is 11.1 Å². The van der Waals surface area contributed by atoms with Crippen molar-refractivity contribution >= 4 is 11.7 Å². The zero-order chi connectivity index (χ0) is 12.3. The van der Waals surface area contributed by atoms with E-state index in [1.54, 1.807) is 0 Å². The molecular formula is C12H20N4O. The normalized spacial score (nSPS) is 17.5. The number of hydrogen-bond acceptors (Lipinski definition) is 3. The van der Waals surface area contributed by atoms with E-state index >= 15 is 0 Å². The molecule has 1 aromatic rings. The fourth-order valence-electron chi connectivity index (χ4n) is 2.14. The van der Waals surface area contributed by atoms with Crippen molar-refractivity contribution < 1.29 is 4.79 Å². The van der Waals surface area contributed by atoms with Gasteiger partial charge < -0.3 is 11.1 Å². The van der Waals surface area contributed by atoms with E-state index in [1.165, 1.54) is 0 Å². The Bertz CT molecular complexity index is 395. The molecule has 1 saturated carbocycles. The zero-order valence-electron chi connectivity index (χ0n) is 10.3. The second kappa shape index (κ2) is 4.87. The average molecular weight is 236 g/mol. The number of hydrogen-bond donors (Lipinski definition) is 3. The lowest BCUT2D eigenvalue weighted by atomic mass is 9.75. The molecule has 1 aliphatic rings. The molecule has 0 atom stereocenters. The molecule has 0 aliphatic heterocycles. The van der Waals surface area contributed by atoms with Crippen LogP contribution in [0, 0.1) is 0 Å². The molecule has 17 heavy (non-hydrogen) atoms. The fourth-order valence-corrected chi connectivity index (χ4v) is 2.14. The number of carbonyl (C=O) groups excluding carboxylic acids is 1. The number of rotatable bonds is 5. The van der Waals surface area contributed by atoms with Crippen molar-refractivity contribution in [1.82, 2.24) is 10.2 Å². The molecule has 5 heteroatoms. The van der Waals surface area contributed by atoms with Crippen LogP contribution in [0.5, 0.6) is 0 Å². The monoisotopic (exact) mass is 236 g/mol. The molecule has 0 bridgehead atoms. The number of aromatic nitrogens is 2. The third-order valence-electron chi connectivity index (χ3n) is 3.28. The summed E-state index contributed by atoms with van der Waals surface area (Å²) >= 11 is 0. The van der Waals surface area contributed by atoms with Crippen LogP contribution in [0.1, 0.15) is 44.7 Å². The summed E-state index contributed by atoms with van der Waals surface area (Å²) in [5.74, 6) is 0.558. The van der Waals surface area contributed by atoms with E-state index in [0.29, 0.717) is 12.2 Å². The Balaban J connectivity index is 1.84. The maximum absolute atomic E-state index is 11.7. The Morgan fingerprint density at radius 2 is 2.41 bits per heavy atom. The van der Waals surface area contributed by atoms with Crippen LogP contribution in [0.25, 0.3) is 0 Å². The number of nitrogens with two attached hydrogens (primary N) is 1. The molecular weight excluding hydrogens is 216 g/mol. The van der Waals surface area contributed by atoms with Gasteiger partial charge in [0.2, 0.25) is 5.91 Å². The molecule has 4 N–H and O–H groups in total. The topological polar surface area (TPSA) is 83.8 Å². The molecule has 1 heterocycles. The third-order valence-corrected chi connectivity index (χ3v) is 3.28. The number of amides is 1. The van der Waals surface area contributed by atoms with Crippen LogP contribution >= 0.6 is 0 Å². The minimum Gasteiger partial charge on any atom is -0.325 e. The second-order valence-corrected chi connectivity index (χ2v) is 4.97. The van der Waals surface area contributed by atoms with Crippen LogP contribution in [0.15, 0.2) is 6.07 Å². The molecule has 1 amide bonds. The Morgan fingerprint density at radius 1 is 1.65 bits per heavy atom. The van der Waals surface area contributed by atoms with E-state index < -0.39 is 0 Å². The number of anilines is 1. The summed E-state index contributed by atoms with van der Waals surface area (Å²) in [5.41, 5.74) is 6.80. The van der Waals surface area contributed by atoms with Crippen molar-refractivity contribution in [2.45, 2.75) is 51.0 Å². The molecule has 0 radical (unpaired) electrons. The van der Waals surface area contributed by atoms with Crippen molar-refractivity contribution in [2.75, 3.05) is 5.32 Å². The molecule has 1 aromatic heterocycles. The maximum atomic E-state index is 11.7. The van der Waals surface area contributed by atoms with Crippen molar-refractivity contribution in [3.63, 3.8) is 0 Å². The van der Waals surface area contributed by atoms with E-state index in [4.69, 9.17) is 5.73 Å². The first kappa shape index (κ1) is 12.1. The van der Waals surface area contributed by atoms with Crippen LogP contribution in [-0.4, -0.2) is 21.6 Å². The lowest BCUT2D eigenvalue weighted by Crippen LogP contribution is -2.48. The number of nitrogens with one attached hydrogen (secondary N) is 2.